The maximum atomic E-state index is 11.4. The van der Waals surface area contributed by atoms with Crippen LogP contribution >= 0.6 is 0 Å². The molecule has 0 radical (unpaired) electrons. The highest BCUT2D eigenvalue weighted by molar-refractivity contribution is 7.90. The number of rotatable bonds is 3. The molecule has 0 aromatic heterocycles. The molecule has 0 aliphatic heterocycles. The third-order valence-corrected chi connectivity index (χ3v) is 4.36. The van der Waals surface area contributed by atoms with Crippen molar-refractivity contribution in [3.63, 3.8) is 0 Å². The van der Waals surface area contributed by atoms with E-state index in [2.05, 4.69) is 6.07 Å². The van der Waals surface area contributed by atoms with Gasteiger partial charge in [0.15, 0.2) is 9.84 Å². The highest BCUT2D eigenvalue weighted by Crippen LogP contribution is 2.24. The summed E-state index contributed by atoms with van der Waals surface area (Å²) in [7, 11) is -3.16. The van der Waals surface area contributed by atoms with Gasteiger partial charge in [0.1, 0.15) is 0 Å². The highest BCUT2D eigenvalue weighted by atomic mass is 32.2. The van der Waals surface area contributed by atoms with Crippen molar-refractivity contribution in [3.05, 3.63) is 53.6 Å². The summed E-state index contributed by atoms with van der Waals surface area (Å²) in [5.74, 6) is 0. The Kier molecular flexibility index (Phi) is 3.91. The molecule has 2 rings (SSSR count). The van der Waals surface area contributed by atoms with E-state index in [1.807, 2.05) is 25.1 Å². The minimum absolute atomic E-state index is 0.319. The van der Waals surface area contributed by atoms with Gasteiger partial charge in [-0.25, -0.2) is 8.42 Å². The van der Waals surface area contributed by atoms with Gasteiger partial charge in [-0.2, -0.15) is 5.26 Å². The summed E-state index contributed by atoms with van der Waals surface area (Å²) in [6.07, 6.45) is 1.60. The molecule has 0 fully saturated rings. The smallest absolute Gasteiger partial charge is 0.175 e. The Morgan fingerprint density at radius 3 is 2.15 bits per heavy atom. The lowest BCUT2D eigenvalue weighted by Crippen LogP contribution is -1.96. The van der Waals surface area contributed by atoms with Crippen LogP contribution in [0.15, 0.2) is 47.4 Å². The first-order chi connectivity index (χ1) is 9.41. The maximum absolute atomic E-state index is 11.4. The van der Waals surface area contributed by atoms with E-state index < -0.39 is 9.84 Å². The Morgan fingerprint density at radius 1 is 1.05 bits per heavy atom. The lowest BCUT2D eigenvalue weighted by Gasteiger charge is -2.07. The molecule has 0 spiro atoms. The number of benzene rings is 2. The number of nitriles is 1. The van der Waals surface area contributed by atoms with Gasteiger partial charge in [-0.1, -0.05) is 30.3 Å². The summed E-state index contributed by atoms with van der Waals surface area (Å²) in [5, 5.41) is 8.73. The quantitative estimate of drug-likeness (QED) is 0.870. The molecular formula is C16H15NO2S. The molecule has 0 bridgehead atoms. The molecule has 20 heavy (non-hydrogen) atoms. The van der Waals surface area contributed by atoms with E-state index in [9.17, 15) is 8.42 Å². The second kappa shape index (κ2) is 5.48. The summed E-state index contributed by atoms with van der Waals surface area (Å²) in [5.41, 5.74) is 4.06. The second-order valence-corrected chi connectivity index (χ2v) is 6.79. The summed E-state index contributed by atoms with van der Waals surface area (Å²) >= 11 is 0. The van der Waals surface area contributed by atoms with Gasteiger partial charge >= 0.3 is 0 Å². The SMILES string of the molecule is Cc1cc(-c2ccc(S(C)(=O)=O)cc2)ccc1CC#N. The lowest BCUT2D eigenvalue weighted by atomic mass is 9.99. The van der Waals surface area contributed by atoms with Crippen molar-refractivity contribution in [1.29, 1.82) is 5.26 Å². The van der Waals surface area contributed by atoms with Crippen LogP contribution < -0.4 is 0 Å². The van der Waals surface area contributed by atoms with Crippen molar-refractivity contribution in [2.45, 2.75) is 18.2 Å². The molecule has 102 valence electrons. The third kappa shape index (κ3) is 3.06. The van der Waals surface area contributed by atoms with Crippen LogP contribution in [-0.4, -0.2) is 14.7 Å². The molecule has 2 aromatic rings. The van der Waals surface area contributed by atoms with Crippen LogP contribution in [-0.2, 0) is 16.3 Å². The largest absolute Gasteiger partial charge is 0.224 e. The van der Waals surface area contributed by atoms with E-state index in [-0.39, 0.29) is 0 Å². The van der Waals surface area contributed by atoms with Gasteiger partial charge in [0.2, 0.25) is 0 Å². The van der Waals surface area contributed by atoms with Gasteiger partial charge in [-0.05, 0) is 41.3 Å². The lowest BCUT2D eigenvalue weighted by molar-refractivity contribution is 0.602. The zero-order chi connectivity index (χ0) is 14.8. The van der Waals surface area contributed by atoms with Crippen molar-refractivity contribution in [1.82, 2.24) is 0 Å². The Balaban J connectivity index is 2.38. The summed E-state index contributed by atoms with van der Waals surface area (Å²) in [6, 6.07) is 14.9. The van der Waals surface area contributed by atoms with Gasteiger partial charge in [0.05, 0.1) is 17.4 Å². The van der Waals surface area contributed by atoms with Crippen LogP contribution in [0.4, 0.5) is 0 Å². The van der Waals surface area contributed by atoms with Crippen LogP contribution in [0.1, 0.15) is 11.1 Å². The number of sulfone groups is 1. The highest BCUT2D eigenvalue weighted by Gasteiger charge is 2.07. The minimum atomic E-state index is -3.16. The fraction of sp³-hybridized carbons (Fsp3) is 0.188. The Labute approximate surface area is 119 Å². The number of hydrogen-bond donors (Lipinski definition) is 0. The van der Waals surface area contributed by atoms with Crippen molar-refractivity contribution >= 4 is 9.84 Å². The predicted molar refractivity (Wildman–Crippen MR) is 79.0 cm³/mol. The zero-order valence-electron chi connectivity index (χ0n) is 11.4. The van der Waals surface area contributed by atoms with E-state index in [1.165, 1.54) is 6.26 Å². The van der Waals surface area contributed by atoms with Crippen LogP contribution in [0.25, 0.3) is 11.1 Å². The standard InChI is InChI=1S/C16H15NO2S/c1-12-11-15(4-3-13(12)9-10-17)14-5-7-16(8-6-14)20(2,18)19/h3-8,11H,9H2,1-2H3. The van der Waals surface area contributed by atoms with Gasteiger partial charge in [-0.3, -0.25) is 0 Å². The Morgan fingerprint density at radius 2 is 1.65 bits per heavy atom. The number of hydrogen-bond acceptors (Lipinski definition) is 3. The molecular weight excluding hydrogens is 270 g/mol. The molecule has 0 heterocycles. The summed E-state index contributed by atoms with van der Waals surface area (Å²) in [4.78, 5) is 0.319. The van der Waals surface area contributed by atoms with Crippen molar-refractivity contribution in [2.75, 3.05) is 6.26 Å². The van der Waals surface area contributed by atoms with Crippen molar-refractivity contribution in [3.8, 4) is 17.2 Å². The normalized spacial score (nSPS) is 11.1. The van der Waals surface area contributed by atoms with Gasteiger partial charge < -0.3 is 0 Å². The van der Waals surface area contributed by atoms with Gasteiger partial charge in [0.25, 0.3) is 0 Å². The first-order valence-corrected chi connectivity index (χ1v) is 8.08. The number of nitrogens with zero attached hydrogens (tertiary/aromatic N) is 1. The van der Waals surface area contributed by atoms with E-state index in [4.69, 9.17) is 5.26 Å². The molecule has 2 aromatic carbocycles. The first-order valence-electron chi connectivity index (χ1n) is 6.19. The van der Waals surface area contributed by atoms with E-state index in [1.54, 1.807) is 24.3 Å². The molecule has 0 amide bonds. The summed E-state index contributed by atoms with van der Waals surface area (Å²) < 4.78 is 22.8. The fourth-order valence-electron chi connectivity index (χ4n) is 2.05. The average Bonchev–Trinajstić information content (AvgIpc) is 2.40. The Hall–Kier alpha value is -2.12. The number of aryl methyl sites for hydroxylation is 1. The predicted octanol–water partition coefficient (Wildman–Crippen LogP) is 3.13. The van der Waals surface area contributed by atoms with E-state index in [0.717, 1.165) is 22.3 Å². The molecule has 3 nitrogen and oxygen atoms in total. The molecule has 4 heteroatoms. The third-order valence-electron chi connectivity index (χ3n) is 3.23. The average molecular weight is 285 g/mol. The second-order valence-electron chi connectivity index (χ2n) is 4.77. The van der Waals surface area contributed by atoms with Gasteiger partial charge in [-0.15, -0.1) is 0 Å². The topological polar surface area (TPSA) is 57.9 Å². The molecule has 0 atom stereocenters. The molecule has 0 unspecified atom stereocenters. The van der Waals surface area contributed by atoms with Crippen LogP contribution in [0.2, 0.25) is 0 Å². The van der Waals surface area contributed by atoms with Crippen LogP contribution in [0.5, 0.6) is 0 Å². The Bertz CT molecular complexity index is 769. The molecule has 0 aliphatic rings. The molecule has 0 aliphatic carbocycles. The molecule has 0 saturated heterocycles. The van der Waals surface area contributed by atoms with E-state index >= 15 is 0 Å². The van der Waals surface area contributed by atoms with Gasteiger partial charge in [0, 0.05) is 6.26 Å². The fourth-order valence-corrected chi connectivity index (χ4v) is 2.68. The van der Waals surface area contributed by atoms with Crippen LogP contribution in [0, 0.1) is 18.3 Å². The minimum Gasteiger partial charge on any atom is -0.224 e. The summed E-state index contributed by atoms with van der Waals surface area (Å²) in [6.45, 7) is 1.97. The molecule has 0 saturated carbocycles. The first kappa shape index (κ1) is 14.3. The van der Waals surface area contributed by atoms with Crippen LogP contribution in [0.3, 0.4) is 0 Å². The molecule has 0 N–H and O–H groups in total. The van der Waals surface area contributed by atoms with Crippen molar-refractivity contribution < 1.29 is 8.42 Å². The monoisotopic (exact) mass is 285 g/mol. The van der Waals surface area contributed by atoms with E-state index in [0.29, 0.717) is 11.3 Å². The zero-order valence-corrected chi connectivity index (χ0v) is 12.2. The van der Waals surface area contributed by atoms with Crippen molar-refractivity contribution in [2.24, 2.45) is 0 Å². The maximum Gasteiger partial charge on any atom is 0.175 e.